The number of nitrogens with two attached hydrogens (primary N) is 1. The highest BCUT2D eigenvalue weighted by atomic mass is 16.5. The van der Waals surface area contributed by atoms with Gasteiger partial charge in [-0.15, -0.1) is 0 Å². The summed E-state index contributed by atoms with van der Waals surface area (Å²) >= 11 is 0. The highest BCUT2D eigenvalue weighted by Crippen LogP contribution is 2.23. The lowest BCUT2D eigenvalue weighted by Crippen LogP contribution is -2.32. The van der Waals surface area contributed by atoms with E-state index in [0.29, 0.717) is 23.5 Å². The normalized spacial score (nSPS) is 11.2. The third kappa shape index (κ3) is 4.70. The number of pyridine rings is 2. The summed E-state index contributed by atoms with van der Waals surface area (Å²) in [7, 11) is 1.61. The molecule has 0 aliphatic rings. The van der Waals surface area contributed by atoms with Crippen LogP contribution >= 0.6 is 0 Å². The molecule has 0 aliphatic carbocycles. The van der Waals surface area contributed by atoms with Crippen LogP contribution in [0.1, 0.15) is 24.6 Å². The van der Waals surface area contributed by atoms with Crippen molar-refractivity contribution in [2.45, 2.75) is 19.9 Å². The molecule has 0 amide bonds. The number of nitrogens with one attached hydrogen (secondary N) is 2. The van der Waals surface area contributed by atoms with Gasteiger partial charge in [-0.05, 0) is 36.7 Å². The van der Waals surface area contributed by atoms with Crippen LogP contribution < -0.4 is 16.0 Å². The van der Waals surface area contributed by atoms with Gasteiger partial charge in [-0.1, -0.05) is 31.2 Å². The maximum atomic E-state index is 8.66. The second-order valence-corrected chi connectivity index (χ2v) is 6.93. The van der Waals surface area contributed by atoms with Crippen molar-refractivity contribution in [1.82, 2.24) is 14.5 Å². The lowest BCUT2D eigenvalue weighted by molar-refractivity contribution is 0.273. The van der Waals surface area contributed by atoms with Crippen molar-refractivity contribution in [3.05, 3.63) is 65.4 Å². The Morgan fingerprint density at radius 2 is 2.00 bits per heavy atom. The maximum Gasteiger partial charge on any atom is 0.156 e. The Labute approximate surface area is 170 Å². The summed E-state index contributed by atoms with van der Waals surface area (Å²) in [4.78, 5) is 6.92. The molecular formula is C22H28N6O. The Bertz CT molecular complexity index is 1050. The van der Waals surface area contributed by atoms with Gasteiger partial charge in [0.15, 0.2) is 5.84 Å². The smallest absolute Gasteiger partial charge is 0.156 e. The molecule has 0 saturated heterocycles. The Morgan fingerprint density at radius 1 is 1.17 bits per heavy atom. The van der Waals surface area contributed by atoms with E-state index >= 15 is 0 Å². The molecule has 0 spiro atoms. The van der Waals surface area contributed by atoms with Crippen LogP contribution in [0.25, 0.3) is 10.9 Å². The Hall–Kier alpha value is -3.03. The largest absolute Gasteiger partial charge is 0.494 e. The van der Waals surface area contributed by atoms with E-state index in [4.69, 9.17) is 21.3 Å². The average molecular weight is 393 g/mol. The molecule has 7 heteroatoms. The van der Waals surface area contributed by atoms with Gasteiger partial charge in [0.25, 0.3) is 0 Å². The van der Waals surface area contributed by atoms with Gasteiger partial charge in [0, 0.05) is 31.2 Å². The van der Waals surface area contributed by atoms with Gasteiger partial charge < -0.3 is 10.5 Å². The van der Waals surface area contributed by atoms with E-state index in [1.807, 2.05) is 36.5 Å². The van der Waals surface area contributed by atoms with Crippen molar-refractivity contribution in [3.63, 3.8) is 0 Å². The monoisotopic (exact) mass is 392 g/mol. The fourth-order valence-corrected chi connectivity index (χ4v) is 3.39. The van der Waals surface area contributed by atoms with E-state index in [9.17, 15) is 0 Å². The quantitative estimate of drug-likeness (QED) is 0.405. The van der Waals surface area contributed by atoms with Crippen LogP contribution in [0, 0.1) is 10.8 Å². The van der Waals surface area contributed by atoms with Crippen molar-refractivity contribution in [1.29, 1.82) is 10.8 Å². The zero-order valence-electron chi connectivity index (χ0n) is 17.0. The molecule has 0 saturated carbocycles. The standard InChI is InChI=1S/C22H28N6O/c1-3-12-27(13-11-23)14-16-7-10-20(24)28(15-16)22(25)18-9-8-17-5-4-6-19(29-2)21(17)26-18/h4-10,15,24-25H,3,11-14,23H2,1-2H3. The zero-order chi connectivity index (χ0) is 20.8. The summed E-state index contributed by atoms with van der Waals surface area (Å²) in [6.45, 7) is 5.27. The van der Waals surface area contributed by atoms with E-state index in [1.54, 1.807) is 23.8 Å². The van der Waals surface area contributed by atoms with Gasteiger partial charge in [0.05, 0.1) is 7.11 Å². The van der Waals surface area contributed by atoms with Crippen molar-refractivity contribution in [3.8, 4) is 5.75 Å². The van der Waals surface area contributed by atoms with Crippen LogP contribution in [0.4, 0.5) is 0 Å². The van der Waals surface area contributed by atoms with Gasteiger partial charge in [-0.2, -0.15) is 0 Å². The first-order valence-corrected chi connectivity index (χ1v) is 9.79. The lowest BCUT2D eigenvalue weighted by atomic mass is 10.1. The molecule has 0 bridgehead atoms. The minimum atomic E-state index is 0.158. The van der Waals surface area contributed by atoms with Crippen LogP contribution in [0.15, 0.2) is 48.7 Å². The number of nitrogens with zero attached hydrogens (tertiary/aromatic N) is 3. The predicted molar refractivity (Wildman–Crippen MR) is 115 cm³/mol. The molecule has 7 nitrogen and oxygen atoms in total. The molecule has 2 heterocycles. The minimum Gasteiger partial charge on any atom is -0.494 e. The summed E-state index contributed by atoms with van der Waals surface area (Å²) in [5.74, 6) is 0.824. The van der Waals surface area contributed by atoms with Gasteiger partial charge >= 0.3 is 0 Å². The second-order valence-electron chi connectivity index (χ2n) is 6.93. The molecule has 0 fully saturated rings. The average Bonchev–Trinajstić information content (AvgIpc) is 2.74. The first-order valence-electron chi connectivity index (χ1n) is 9.79. The number of hydrogen-bond acceptors (Lipinski definition) is 6. The molecular weight excluding hydrogens is 364 g/mol. The van der Waals surface area contributed by atoms with Crippen molar-refractivity contribution in [2.75, 3.05) is 26.7 Å². The van der Waals surface area contributed by atoms with Crippen molar-refractivity contribution in [2.24, 2.45) is 5.73 Å². The molecule has 0 unspecified atom stereocenters. The second kappa shape index (κ2) is 9.45. The third-order valence-electron chi connectivity index (χ3n) is 4.79. The van der Waals surface area contributed by atoms with Crippen LogP contribution in [0.5, 0.6) is 5.75 Å². The highest BCUT2D eigenvalue weighted by molar-refractivity contribution is 5.98. The van der Waals surface area contributed by atoms with E-state index in [2.05, 4.69) is 16.8 Å². The predicted octanol–water partition coefficient (Wildman–Crippen LogP) is 2.57. The molecule has 0 aliphatic heterocycles. The fourth-order valence-electron chi connectivity index (χ4n) is 3.39. The SMILES string of the molecule is CCCN(CCN)Cc1ccc(=N)n(C(=N)c2ccc3cccc(OC)c3n2)c1. The number of benzene rings is 1. The number of hydrogen-bond donors (Lipinski definition) is 3. The third-order valence-corrected chi connectivity index (χ3v) is 4.79. The van der Waals surface area contributed by atoms with E-state index in [0.717, 1.165) is 37.0 Å². The summed E-state index contributed by atoms with van der Waals surface area (Å²) in [6.07, 6.45) is 2.90. The van der Waals surface area contributed by atoms with Crippen LogP contribution in [0.3, 0.4) is 0 Å². The number of para-hydroxylation sites is 1. The van der Waals surface area contributed by atoms with Crippen molar-refractivity contribution < 1.29 is 4.74 Å². The minimum absolute atomic E-state index is 0.158. The van der Waals surface area contributed by atoms with Gasteiger partial charge in [0.2, 0.25) is 0 Å². The van der Waals surface area contributed by atoms with E-state index in [1.165, 1.54) is 0 Å². The zero-order valence-corrected chi connectivity index (χ0v) is 17.0. The molecule has 0 atom stereocenters. The number of methoxy groups -OCH3 is 1. The maximum absolute atomic E-state index is 8.66. The van der Waals surface area contributed by atoms with Gasteiger partial charge in [0.1, 0.15) is 22.4 Å². The number of ether oxygens (including phenoxy) is 1. The molecule has 4 N–H and O–H groups in total. The summed E-state index contributed by atoms with van der Waals surface area (Å²) in [5, 5.41) is 17.9. The molecule has 0 radical (unpaired) electrons. The molecule has 3 rings (SSSR count). The number of fused-ring (bicyclic) bond motifs is 1. The summed E-state index contributed by atoms with van der Waals surface area (Å²) < 4.78 is 6.97. The van der Waals surface area contributed by atoms with Crippen LogP contribution in [-0.2, 0) is 6.54 Å². The van der Waals surface area contributed by atoms with Crippen LogP contribution in [0.2, 0.25) is 0 Å². The molecule has 29 heavy (non-hydrogen) atoms. The first kappa shape index (κ1) is 20.7. The van der Waals surface area contributed by atoms with E-state index in [-0.39, 0.29) is 11.3 Å². The van der Waals surface area contributed by atoms with E-state index < -0.39 is 0 Å². The molecule has 152 valence electrons. The van der Waals surface area contributed by atoms with Gasteiger partial charge in [-0.25, -0.2) is 4.98 Å². The summed E-state index contributed by atoms with van der Waals surface area (Å²) in [5.41, 5.74) is 8.20. The summed E-state index contributed by atoms with van der Waals surface area (Å²) in [6, 6.07) is 13.1. The number of aromatic nitrogens is 2. The van der Waals surface area contributed by atoms with Crippen molar-refractivity contribution >= 4 is 16.7 Å². The lowest BCUT2D eigenvalue weighted by Gasteiger charge is -2.21. The topological polar surface area (TPSA) is 104 Å². The highest BCUT2D eigenvalue weighted by Gasteiger charge is 2.12. The van der Waals surface area contributed by atoms with Crippen LogP contribution in [-0.4, -0.2) is 47.0 Å². The fraction of sp³-hybridized carbons (Fsp3) is 0.318. The molecule has 2 aromatic heterocycles. The molecule has 1 aromatic carbocycles. The van der Waals surface area contributed by atoms with Gasteiger partial charge in [-0.3, -0.25) is 20.3 Å². The first-order chi connectivity index (χ1) is 14.1. The number of rotatable bonds is 8. The Morgan fingerprint density at radius 3 is 2.72 bits per heavy atom. The Kier molecular flexibility index (Phi) is 6.74. The Balaban J connectivity index is 1.94. The molecule has 3 aromatic rings.